The normalized spacial score (nSPS) is 14.5. The molecule has 0 spiro atoms. The molecule has 0 bridgehead atoms. The van der Waals surface area contributed by atoms with Crippen LogP contribution in [0, 0.1) is 5.92 Å². The SMILES string of the molecule is CCC(CC)C(=O)N1CCc2c([nH]c3ccc(OC)cc23)C1. The molecule has 118 valence electrons. The molecule has 4 heteroatoms. The number of nitrogens with one attached hydrogen (secondary N) is 1. The van der Waals surface area contributed by atoms with Gasteiger partial charge in [-0.25, -0.2) is 0 Å². The topological polar surface area (TPSA) is 45.3 Å². The number of aromatic amines is 1. The number of H-pyrrole nitrogens is 1. The summed E-state index contributed by atoms with van der Waals surface area (Å²) in [5.41, 5.74) is 3.64. The number of carbonyl (C=O) groups excluding carboxylic acids is 1. The Morgan fingerprint density at radius 2 is 2.14 bits per heavy atom. The molecule has 1 amide bonds. The Morgan fingerprint density at radius 1 is 1.36 bits per heavy atom. The van der Waals surface area contributed by atoms with Crippen LogP contribution in [0.2, 0.25) is 0 Å². The van der Waals surface area contributed by atoms with Gasteiger partial charge in [-0.2, -0.15) is 0 Å². The van der Waals surface area contributed by atoms with Crippen molar-refractivity contribution in [2.24, 2.45) is 5.92 Å². The maximum atomic E-state index is 12.6. The number of rotatable bonds is 4. The van der Waals surface area contributed by atoms with Gasteiger partial charge in [0.2, 0.25) is 5.91 Å². The van der Waals surface area contributed by atoms with Crippen molar-refractivity contribution in [1.82, 2.24) is 9.88 Å². The summed E-state index contributed by atoms with van der Waals surface area (Å²) in [6.07, 6.45) is 2.75. The van der Waals surface area contributed by atoms with Crippen LogP contribution in [0.3, 0.4) is 0 Å². The zero-order chi connectivity index (χ0) is 15.7. The van der Waals surface area contributed by atoms with Crippen LogP contribution >= 0.6 is 0 Å². The zero-order valence-electron chi connectivity index (χ0n) is 13.6. The molecule has 1 aliphatic rings. The van der Waals surface area contributed by atoms with E-state index in [-0.39, 0.29) is 5.92 Å². The summed E-state index contributed by atoms with van der Waals surface area (Å²) in [4.78, 5) is 18.1. The summed E-state index contributed by atoms with van der Waals surface area (Å²) in [6.45, 7) is 5.70. The minimum absolute atomic E-state index is 0.158. The highest BCUT2D eigenvalue weighted by Crippen LogP contribution is 2.31. The summed E-state index contributed by atoms with van der Waals surface area (Å²) in [5.74, 6) is 1.34. The maximum Gasteiger partial charge on any atom is 0.226 e. The van der Waals surface area contributed by atoms with Crippen LogP contribution in [0.25, 0.3) is 10.9 Å². The molecule has 1 N–H and O–H groups in total. The van der Waals surface area contributed by atoms with Gasteiger partial charge in [-0.05, 0) is 43.0 Å². The second-order valence-corrected chi connectivity index (χ2v) is 6.02. The molecule has 1 aromatic heterocycles. The third-order valence-electron chi connectivity index (χ3n) is 4.83. The summed E-state index contributed by atoms with van der Waals surface area (Å²) >= 11 is 0. The van der Waals surface area contributed by atoms with Crippen LogP contribution in [0.1, 0.15) is 37.9 Å². The standard InChI is InChI=1S/C18H24N2O2/c1-4-12(5-2)18(21)20-9-8-14-15-10-13(22-3)6-7-16(15)19-17(14)11-20/h6-7,10,12,19H,4-5,8-9,11H2,1-3H3. The number of fused-ring (bicyclic) bond motifs is 3. The van der Waals surface area contributed by atoms with Gasteiger partial charge in [0.15, 0.2) is 0 Å². The number of hydrogen-bond acceptors (Lipinski definition) is 2. The van der Waals surface area contributed by atoms with Gasteiger partial charge >= 0.3 is 0 Å². The van der Waals surface area contributed by atoms with Crippen molar-refractivity contribution in [2.45, 2.75) is 39.7 Å². The molecule has 0 saturated heterocycles. The fraction of sp³-hybridized carbons (Fsp3) is 0.500. The third kappa shape index (κ3) is 2.47. The van der Waals surface area contributed by atoms with E-state index in [0.717, 1.165) is 37.1 Å². The second kappa shape index (κ2) is 6.03. The van der Waals surface area contributed by atoms with Crippen molar-refractivity contribution >= 4 is 16.8 Å². The Bertz CT molecular complexity index is 686. The lowest BCUT2D eigenvalue weighted by molar-refractivity contribution is -0.136. The van der Waals surface area contributed by atoms with Crippen molar-refractivity contribution in [1.29, 1.82) is 0 Å². The van der Waals surface area contributed by atoms with Gasteiger partial charge in [-0.15, -0.1) is 0 Å². The molecule has 4 nitrogen and oxygen atoms in total. The van der Waals surface area contributed by atoms with Crippen LogP contribution in [0.15, 0.2) is 18.2 Å². The van der Waals surface area contributed by atoms with Crippen LogP contribution in [0.5, 0.6) is 5.75 Å². The monoisotopic (exact) mass is 300 g/mol. The molecule has 2 heterocycles. The number of aromatic nitrogens is 1. The highest BCUT2D eigenvalue weighted by Gasteiger charge is 2.27. The maximum absolute atomic E-state index is 12.6. The first-order chi connectivity index (χ1) is 10.7. The van der Waals surface area contributed by atoms with Gasteiger partial charge in [0.25, 0.3) is 0 Å². The molecule has 0 unspecified atom stereocenters. The number of benzene rings is 1. The molecule has 0 radical (unpaired) electrons. The van der Waals surface area contributed by atoms with E-state index in [1.54, 1.807) is 7.11 Å². The minimum Gasteiger partial charge on any atom is -0.497 e. The minimum atomic E-state index is 0.158. The largest absolute Gasteiger partial charge is 0.497 e. The molecule has 22 heavy (non-hydrogen) atoms. The molecule has 0 saturated carbocycles. The van der Waals surface area contributed by atoms with Gasteiger partial charge in [0.1, 0.15) is 5.75 Å². The molecule has 3 rings (SSSR count). The van der Waals surface area contributed by atoms with Crippen LogP contribution in [-0.4, -0.2) is 29.4 Å². The number of carbonyl (C=O) groups is 1. The van der Waals surface area contributed by atoms with E-state index in [4.69, 9.17) is 4.74 Å². The second-order valence-electron chi connectivity index (χ2n) is 6.02. The summed E-state index contributed by atoms with van der Waals surface area (Å²) in [6, 6.07) is 6.11. The van der Waals surface area contributed by atoms with E-state index in [9.17, 15) is 4.79 Å². The number of hydrogen-bond donors (Lipinski definition) is 1. The van der Waals surface area contributed by atoms with Crippen LogP contribution in [-0.2, 0) is 17.8 Å². The Kier molecular flexibility index (Phi) is 4.10. The summed E-state index contributed by atoms with van der Waals surface area (Å²) in [7, 11) is 1.69. The zero-order valence-corrected chi connectivity index (χ0v) is 13.6. The molecule has 2 aromatic rings. The number of ether oxygens (including phenoxy) is 1. The highest BCUT2D eigenvalue weighted by atomic mass is 16.5. The van der Waals surface area contributed by atoms with Gasteiger partial charge < -0.3 is 14.6 Å². The third-order valence-corrected chi connectivity index (χ3v) is 4.83. The van der Waals surface area contributed by atoms with E-state index < -0.39 is 0 Å². The molecule has 0 aliphatic carbocycles. The van der Waals surface area contributed by atoms with E-state index >= 15 is 0 Å². The molecule has 1 aliphatic heterocycles. The Labute approximate surface area is 131 Å². The van der Waals surface area contributed by atoms with Crippen molar-refractivity contribution in [3.8, 4) is 5.75 Å². The van der Waals surface area contributed by atoms with Crippen LogP contribution < -0.4 is 4.74 Å². The van der Waals surface area contributed by atoms with Gasteiger partial charge in [0, 0.05) is 29.1 Å². The molecule has 1 aromatic carbocycles. The lowest BCUT2D eigenvalue weighted by Gasteiger charge is -2.30. The first-order valence-electron chi connectivity index (χ1n) is 8.14. The Hall–Kier alpha value is -1.97. The predicted octanol–water partition coefficient (Wildman–Crippen LogP) is 3.50. The average molecular weight is 300 g/mol. The molecule has 0 fully saturated rings. The highest BCUT2D eigenvalue weighted by molar-refractivity contribution is 5.87. The quantitative estimate of drug-likeness (QED) is 0.939. The van der Waals surface area contributed by atoms with E-state index in [1.165, 1.54) is 16.6 Å². The molecular formula is C18H24N2O2. The fourth-order valence-corrected chi connectivity index (χ4v) is 3.43. The van der Waals surface area contributed by atoms with Crippen molar-refractivity contribution in [3.63, 3.8) is 0 Å². The van der Waals surface area contributed by atoms with Gasteiger partial charge in [0.05, 0.1) is 13.7 Å². The average Bonchev–Trinajstić information content (AvgIpc) is 2.92. The number of amides is 1. The van der Waals surface area contributed by atoms with Crippen molar-refractivity contribution in [3.05, 3.63) is 29.5 Å². The lowest BCUT2D eigenvalue weighted by Crippen LogP contribution is -2.39. The lowest BCUT2D eigenvalue weighted by atomic mass is 9.98. The Morgan fingerprint density at radius 3 is 2.82 bits per heavy atom. The number of nitrogens with zero attached hydrogens (tertiary/aromatic N) is 1. The van der Waals surface area contributed by atoms with Gasteiger partial charge in [-0.3, -0.25) is 4.79 Å². The smallest absolute Gasteiger partial charge is 0.226 e. The van der Waals surface area contributed by atoms with Crippen molar-refractivity contribution < 1.29 is 9.53 Å². The predicted molar refractivity (Wildman–Crippen MR) is 88.0 cm³/mol. The summed E-state index contributed by atoms with van der Waals surface area (Å²) in [5, 5.41) is 1.23. The van der Waals surface area contributed by atoms with Crippen molar-refractivity contribution in [2.75, 3.05) is 13.7 Å². The Balaban J connectivity index is 1.89. The van der Waals surface area contributed by atoms with Gasteiger partial charge in [-0.1, -0.05) is 13.8 Å². The first-order valence-corrected chi connectivity index (χ1v) is 8.14. The summed E-state index contributed by atoms with van der Waals surface area (Å²) < 4.78 is 5.32. The molecule has 0 atom stereocenters. The van der Waals surface area contributed by atoms with Crippen LogP contribution in [0.4, 0.5) is 0 Å². The van der Waals surface area contributed by atoms with E-state index in [1.807, 2.05) is 11.0 Å². The molecular weight excluding hydrogens is 276 g/mol. The van der Waals surface area contributed by atoms with E-state index in [0.29, 0.717) is 12.5 Å². The number of methoxy groups -OCH3 is 1. The fourth-order valence-electron chi connectivity index (χ4n) is 3.43. The first kappa shape index (κ1) is 14.9. The van der Waals surface area contributed by atoms with E-state index in [2.05, 4.69) is 31.0 Å².